The molecule has 4 nitrogen and oxygen atoms in total. The highest BCUT2D eigenvalue weighted by atomic mass is 32.1. The minimum absolute atomic E-state index is 0.0418. The summed E-state index contributed by atoms with van der Waals surface area (Å²) in [6, 6.07) is -0.170. The normalized spacial score (nSPS) is 14.6. The molecule has 0 aromatic carbocycles. The average Bonchev–Trinajstić information content (AvgIpc) is 2.63. The summed E-state index contributed by atoms with van der Waals surface area (Å²) in [5, 5.41) is 12.0. The van der Waals surface area contributed by atoms with Crippen LogP contribution in [0.15, 0.2) is 0 Å². The van der Waals surface area contributed by atoms with Gasteiger partial charge in [0.05, 0.1) is 0 Å². The van der Waals surface area contributed by atoms with Crippen molar-refractivity contribution in [2.45, 2.75) is 39.4 Å². The largest absolute Gasteiger partial charge is 0.452 e. The van der Waals surface area contributed by atoms with Gasteiger partial charge in [-0.15, -0.1) is 0 Å². The number of rotatable bonds is 4. The Morgan fingerprint density at radius 1 is 1.33 bits per heavy atom. The van der Waals surface area contributed by atoms with Gasteiger partial charge in [-0.05, 0) is 11.8 Å². The zero-order chi connectivity index (χ0) is 14.0. The van der Waals surface area contributed by atoms with Gasteiger partial charge in [0.1, 0.15) is 0 Å². The predicted octanol–water partition coefficient (Wildman–Crippen LogP) is 2.77. The Morgan fingerprint density at radius 3 is 2.33 bits per heavy atom. The number of hydrogen-bond donors (Lipinski definition) is 2. The van der Waals surface area contributed by atoms with Crippen LogP contribution < -0.4 is 5.32 Å². The Balaban J connectivity index is 2.79. The minimum Gasteiger partial charge on any atom is -0.396 e. The van der Waals surface area contributed by atoms with Gasteiger partial charge in [0.2, 0.25) is 11.0 Å². The van der Waals surface area contributed by atoms with E-state index < -0.39 is 12.0 Å². The first kappa shape index (κ1) is 15.2. The summed E-state index contributed by atoms with van der Waals surface area (Å²) in [5.74, 6) is -1.13. The number of nitrogens with one attached hydrogen (secondary N) is 1. The molecular formula is C10H16F3N3OS. The summed E-state index contributed by atoms with van der Waals surface area (Å²) in [5.41, 5.74) is -0.202. The molecule has 104 valence electrons. The van der Waals surface area contributed by atoms with E-state index in [1.807, 2.05) is 20.8 Å². The number of nitrogens with zero attached hydrogens (tertiary/aromatic N) is 2. The van der Waals surface area contributed by atoms with Gasteiger partial charge in [0.15, 0.2) is 0 Å². The molecule has 1 aromatic rings. The van der Waals surface area contributed by atoms with Gasteiger partial charge in [-0.3, -0.25) is 0 Å². The quantitative estimate of drug-likeness (QED) is 0.892. The number of aliphatic hydroxyl groups is 1. The summed E-state index contributed by atoms with van der Waals surface area (Å²) < 4.78 is 40.3. The van der Waals surface area contributed by atoms with Crippen LogP contribution in [0.3, 0.4) is 0 Å². The van der Waals surface area contributed by atoms with E-state index in [4.69, 9.17) is 5.11 Å². The maximum Gasteiger partial charge on any atom is 0.452 e. The first-order valence-corrected chi connectivity index (χ1v) is 6.20. The Hall–Kier alpha value is -0.890. The molecule has 1 aromatic heterocycles. The van der Waals surface area contributed by atoms with Gasteiger partial charge >= 0.3 is 6.18 Å². The molecule has 0 radical (unpaired) electrons. The van der Waals surface area contributed by atoms with Crippen LogP contribution in [-0.4, -0.2) is 27.1 Å². The van der Waals surface area contributed by atoms with Gasteiger partial charge < -0.3 is 10.4 Å². The lowest BCUT2D eigenvalue weighted by Crippen LogP contribution is -2.34. The Labute approximate surface area is 107 Å². The monoisotopic (exact) mass is 283 g/mol. The fourth-order valence-electron chi connectivity index (χ4n) is 1.40. The van der Waals surface area contributed by atoms with E-state index >= 15 is 0 Å². The lowest BCUT2D eigenvalue weighted by atomic mass is 9.85. The van der Waals surface area contributed by atoms with E-state index in [0.717, 1.165) is 0 Å². The van der Waals surface area contributed by atoms with Gasteiger partial charge in [0.25, 0.3) is 0 Å². The first-order valence-electron chi connectivity index (χ1n) is 5.43. The second-order valence-corrected chi connectivity index (χ2v) is 5.75. The Kier molecular flexibility index (Phi) is 4.55. The fourth-order valence-corrected chi connectivity index (χ4v) is 2.04. The van der Waals surface area contributed by atoms with Crippen molar-refractivity contribution >= 4 is 16.7 Å². The molecule has 8 heteroatoms. The molecule has 0 bridgehead atoms. The Morgan fingerprint density at radius 2 is 1.94 bits per heavy atom. The maximum atomic E-state index is 12.3. The maximum absolute atomic E-state index is 12.3. The van der Waals surface area contributed by atoms with E-state index in [0.29, 0.717) is 18.0 Å². The number of alkyl halides is 3. The first-order chi connectivity index (χ1) is 8.14. The molecule has 0 aliphatic rings. The molecule has 1 heterocycles. The third-order valence-electron chi connectivity index (χ3n) is 2.44. The number of halogens is 3. The number of aromatic nitrogens is 2. The molecule has 0 spiro atoms. The summed E-state index contributed by atoms with van der Waals surface area (Å²) in [6.07, 6.45) is -4.09. The van der Waals surface area contributed by atoms with Crippen LogP contribution in [0.5, 0.6) is 0 Å². The zero-order valence-corrected chi connectivity index (χ0v) is 11.2. The SMILES string of the molecule is CC(C)(C)C(CCO)Nc1nc(C(F)(F)F)ns1. The van der Waals surface area contributed by atoms with Gasteiger partial charge in [-0.25, -0.2) is 0 Å². The average molecular weight is 283 g/mol. The highest BCUT2D eigenvalue weighted by Crippen LogP contribution is 2.31. The summed E-state index contributed by atoms with van der Waals surface area (Å²) >= 11 is 0.673. The third-order valence-corrected chi connectivity index (χ3v) is 3.09. The number of hydrogen-bond acceptors (Lipinski definition) is 5. The second kappa shape index (κ2) is 5.40. The lowest BCUT2D eigenvalue weighted by Gasteiger charge is -2.30. The van der Waals surface area contributed by atoms with Crippen molar-refractivity contribution in [1.29, 1.82) is 0 Å². The third kappa shape index (κ3) is 4.09. The number of aliphatic hydroxyl groups excluding tert-OH is 1. The van der Waals surface area contributed by atoms with E-state index in [-0.39, 0.29) is 23.2 Å². The second-order valence-electron chi connectivity index (χ2n) is 5.00. The van der Waals surface area contributed by atoms with Crippen molar-refractivity contribution in [2.24, 2.45) is 5.41 Å². The van der Waals surface area contributed by atoms with Crippen LogP contribution in [0.1, 0.15) is 33.0 Å². The zero-order valence-electron chi connectivity index (χ0n) is 10.4. The molecule has 0 fully saturated rings. The van der Waals surface area contributed by atoms with Crippen LogP contribution in [0.4, 0.5) is 18.3 Å². The van der Waals surface area contributed by atoms with Gasteiger partial charge in [0, 0.05) is 24.2 Å². The highest BCUT2D eigenvalue weighted by Gasteiger charge is 2.36. The Bertz CT molecular complexity index is 386. The van der Waals surface area contributed by atoms with Crippen LogP contribution in [0.25, 0.3) is 0 Å². The van der Waals surface area contributed by atoms with Gasteiger partial charge in [-0.2, -0.15) is 22.5 Å². The van der Waals surface area contributed by atoms with Crippen molar-refractivity contribution in [1.82, 2.24) is 9.36 Å². The molecular weight excluding hydrogens is 267 g/mol. The smallest absolute Gasteiger partial charge is 0.396 e. The molecule has 1 rings (SSSR count). The van der Waals surface area contributed by atoms with Crippen molar-refractivity contribution in [2.75, 3.05) is 11.9 Å². The standard InChI is InChI=1S/C10H16F3N3OS/c1-9(2,3)6(4-5-17)14-8-15-7(16-18-8)10(11,12)13/h6,17H,4-5H2,1-3H3,(H,14,15,16). The summed E-state index contributed by atoms with van der Waals surface area (Å²) in [7, 11) is 0. The summed E-state index contributed by atoms with van der Waals surface area (Å²) in [4.78, 5) is 3.41. The molecule has 18 heavy (non-hydrogen) atoms. The van der Waals surface area contributed by atoms with E-state index in [9.17, 15) is 13.2 Å². The van der Waals surface area contributed by atoms with Crippen molar-refractivity contribution in [3.63, 3.8) is 0 Å². The highest BCUT2D eigenvalue weighted by molar-refractivity contribution is 7.09. The molecule has 1 atom stereocenters. The van der Waals surface area contributed by atoms with Crippen LogP contribution >= 0.6 is 11.5 Å². The van der Waals surface area contributed by atoms with Crippen LogP contribution in [-0.2, 0) is 6.18 Å². The molecule has 0 amide bonds. The molecule has 0 saturated carbocycles. The summed E-state index contributed by atoms with van der Waals surface area (Å²) in [6.45, 7) is 5.77. The topological polar surface area (TPSA) is 58.0 Å². The van der Waals surface area contributed by atoms with Crippen molar-refractivity contribution in [3.8, 4) is 0 Å². The fraction of sp³-hybridized carbons (Fsp3) is 0.800. The lowest BCUT2D eigenvalue weighted by molar-refractivity contribution is -0.144. The molecule has 0 saturated heterocycles. The van der Waals surface area contributed by atoms with E-state index in [1.165, 1.54) is 0 Å². The molecule has 1 unspecified atom stereocenters. The van der Waals surface area contributed by atoms with Crippen LogP contribution in [0.2, 0.25) is 0 Å². The van der Waals surface area contributed by atoms with E-state index in [1.54, 1.807) is 0 Å². The van der Waals surface area contributed by atoms with E-state index in [2.05, 4.69) is 14.7 Å². The molecule has 0 aliphatic carbocycles. The molecule has 0 aliphatic heterocycles. The predicted molar refractivity (Wildman–Crippen MR) is 63.5 cm³/mol. The van der Waals surface area contributed by atoms with Gasteiger partial charge in [-0.1, -0.05) is 20.8 Å². The minimum atomic E-state index is -4.52. The number of anilines is 1. The molecule has 2 N–H and O–H groups in total. The van der Waals surface area contributed by atoms with Crippen molar-refractivity contribution in [3.05, 3.63) is 5.82 Å². The van der Waals surface area contributed by atoms with Crippen molar-refractivity contribution < 1.29 is 18.3 Å². The van der Waals surface area contributed by atoms with Crippen LogP contribution in [0, 0.1) is 5.41 Å².